The molecule has 0 saturated heterocycles. The van der Waals surface area contributed by atoms with Crippen molar-refractivity contribution in [1.29, 1.82) is 0 Å². The largest absolute Gasteiger partial charge is 0.433 e. The van der Waals surface area contributed by atoms with Gasteiger partial charge >= 0.3 is 6.61 Å². The highest BCUT2D eigenvalue weighted by Gasteiger charge is 2.59. The highest BCUT2D eigenvalue weighted by Crippen LogP contribution is 2.48. The van der Waals surface area contributed by atoms with Crippen LogP contribution in [-0.2, 0) is 15.4 Å². The molecule has 1 aliphatic heterocycles. The van der Waals surface area contributed by atoms with Crippen molar-refractivity contribution in [2.45, 2.75) is 43.1 Å². The van der Waals surface area contributed by atoms with Gasteiger partial charge in [-0.05, 0) is 49.4 Å². The van der Waals surface area contributed by atoms with E-state index < -0.39 is 62.2 Å². The van der Waals surface area contributed by atoms with Crippen LogP contribution in [-0.4, -0.2) is 48.9 Å². The number of aromatic nitrogens is 1. The third-order valence-corrected chi connectivity index (χ3v) is 9.37. The summed E-state index contributed by atoms with van der Waals surface area (Å²) in [7, 11) is -4.01. The molecule has 2 aliphatic rings. The molecule has 188 valence electrons. The lowest BCUT2D eigenvalue weighted by molar-refractivity contribution is -0.0497. The van der Waals surface area contributed by atoms with E-state index in [0.717, 1.165) is 18.3 Å². The third kappa shape index (κ3) is 3.81. The predicted octanol–water partition coefficient (Wildman–Crippen LogP) is 2.77. The Kier molecular flexibility index (Phi) is 6.02. The average molecular weight is 515 g/mol. The first-order valence-corrected chi connectivity index (χ1v) is 12.2. The minimum absolute atomic E-state index is 0.0300. The van der Waals surface area contributed by atoms with E-state index >= 15 is 4.39 Å². The Morgan fingerprint density at radius 3 is 2.49 bits per heavy atom. The van der Waals surface area contributed by atoms with Gasteiger partial charge in [0.2, 0.25) is 0 Å². The summed E-state index contributed by atoms with van der Waals surface area (Å²) in [5, 5.41) is 0. The van der Waals surface area contributed by atoms with Crippen molar-refractivity contribution in [2.75, 3.05) is 12.4 Å². The molecule has 1 aromatic heterocycles. The molecule has 1 spiro atoms. The van der Waals surface area contributed by atoms with Crippen LogP contribution in [0.25, 0.3) is 11.1 Å². The summed E-state index contributed by atoms with van der Waals surface area (Å²) in [6.07, 6.45) is 1.97. The fourth-order valence-corrected chi connectivity index (χ4v) is 7.21. The number of rotatable bonds is 6. The van der Waals surface area contributed by atoms with E-state index in [1.165, 1.54) is 13.0 Å². The Morgan fingerprint density at radius 2 is 1.97 bits per heavy atom. The van der Waals surface area contributed by atoms with Crippen LogP contribution >= 0.6 is 0 Å². The fourth-order valence-electron chi connectivity index (χ4n) is 4.74. The molecule has 4 rings (SSSR count). The van der Waals surface area contributed by atoms with Gasteiger partial charge in [0.05, 0.1) is 11.9 Å². The maximum absolute atomic E-state index is 15.1. The summed E-state index contributed by atoms with van der Waals surface area (Å²) in [6, 6.07) is 3.20. The van der Waals surface area contributed by atoms with Crippen LogP contribution in [0.1, 0.15) is 40.9 Å². The predicted molar refractivity (Wildman–Crippen MR) is 119 cm³/mol. The van der Waals surface area contributed by atoms with Gasteiger partial charge in [-0.3, -0.25) is 9.79 Å². The van der Waals surface area contributed by atoms with Crippen LogP contribution in [0.4, 0.5) is 17.6 Å². The number of aliphatic imine (C=N–C) groups is 1. The molecule has 4 N–H and O–H groups in total. The number of carbonyl (C=O) groups excluding carboxylic acids is 1. The number of primary amides is 1. The topological polar surface area (TPSA) is 138 Å². The van der Waals surface area contributed by atoms with E-state index in [2.05, 4.69) is 14.7 Å². The van der Waals surface area contributed by atoms with Gasteiger partial charge in [0.25, 0.3) is 5.91 Å². The monoisotopic (exact) mass is 514 g/mol. The molecule has 8 nitrogen and oxygen atoms in total. The van der Waals surface area contributed by atoms with Crippen LogP contribution in [0, 0.1) is 12.7 Å². The summed E-state index contributed by atoms with van der Waals surface area (Å²) < 4.78 is 85.1. The van der Waals surface area contributed by atoms with Crippen molar-refractivity contribution in [3.05, 3.63) is 47.0 Å². The molecule has 1 atom stereocenters. The number of sulfone groups is 1. The molecular weight excluding hydrogens is 492 g/mol. The second kappa shape index (κ2) is 8.47. The van der Waals surface area contributed by atoms with Crippen molar-refractivity contribution in [1.82, 2.24) is 4.98 Å². The molecule has 0 unspecified atom stereocenters. The zero-order valence-electron chi connectivity index (χ0n) is 18.5. The standard InChI is InChI=1S/C22H22F4N4O4S/c1-11-16(15(34-20(25)26)8-29-17(11)18(27)31)12-3-4-14(24)13(7-12)21(9-23)10-35(32,33)22(5-2-6-22)19(28)30-21/h3-4,7-8,20H,2,5-6,9-10H2,1H3,(H2,27,31)(H2,28,30)/t21-/m0/s1. The van der Waals surface area contributed by atoms with E-state index in [4.69, 9.17) is 11.5 Å². The van der Waals surface area contributed by atoms with E-state index in [0.29, 0.717) is 6.42 Å². The second-order valence-corrected chi connectivity index (χ2v) is 11.0. The third-order valence-electron chi connectivity index (χ3n) is 6.70. The lowest BCUT2D eigenvalue weighted by Crippen LogP contribution is -2.62. The van der Waals surface area contributed by atoms with E-state index in [9.17, 15) is 26.4 Å². The molecule has 1 amide bonds. The summed E-state index contributed by atoms with van der Waals surface area (Å²) in [4.78, 5) is 19.7. The second-order valence-electron chi connectivity index (χ2n) is 8.68. The van der Waals surface area contributed by atoms with Gasteiger partial charge in [-0.25, -0.2) is 22.2 Å². The number of alkyl halides is 3. The van der Waals surface area contributed by atoms with Gasteiger partial charge < -0.3 is 16.2 Å². The molecule has 1 aliphatic carbocycles. The molecule has 1 saturated carbocycles. The number of hydrogen-bond acceptors (Lipinski definition) is 7. The molecule has 35 heavy (non-hydrogen) atoms. The summed E-state index contributed by atoms with van der Waals surface area (Å²) in [6.45, 7) is -3.26. The van der Waals surface area contributed by atoms with Crippen LogP contribution < -0.4 is 16.2 Å². The fraction of sp³-hybridized carbons (Fsp3) is 0.409. The minimum atomic E-state index is -4.01. The molecule has 1 aromatic carbocycles. The molecule has 2 heterocycles. The number of ether oxygens (including phenoxy) is 1. The Morgan fingerprint density at radius 1 is 1.29 bits per heavy atom. The van der Waals surface area contributed by atoms with E-state index in [-0.39, 0.29) is 41.1 Å². The highest BCUT2D eigenvalue weighted by atomic mass is 32.2. The number of carbonyl (C=O) groups is 1. The van der Waals surface area contributed by atoms with E-state index in [1.54, 1.807) is 0 Å². The molecular formula is C22H22F4N4O4S. The maximum Gasteiger partial charge on any atom is 0.387 e. The van der Waals surface area contributed by atoms with Crippen molar-refractivity contribution < 1.29 is 35.5 Å². The number of benzene rings is 1. The van der Waals surface area contributed by atoms with Crippen molar-refractivity contribution in [3.8, 4) is 16.9 Å². The Labute approximate surface area is 198 Å². The van der Waals surface area contributed by atoms with Crippen LogP contribution in [0.3, 0.4) is 0 Å². The lowest BCUT2D eigenvalue weighted by atomic mass is 9.82. The maximum atomic E-state index is 15.1. The highest BCUT2D eigenvalue weighted by molar-refractivity contribution is 7.93. The number of nitrogens with two attached hydrogens (primary N) is 2. The Balaban J connectivity index is 1.94. The van der Waals surface area contributed by atoms with E-state index in [1.807, 2.05) is 0 Å². The number of amidine groups is 1. The van der Waals surface area contributed by atoms with Crippen molar-refractivity contribution in [3.63, 3.8) is 0 Å². The smallest absolute Gasteiger partial charge is 0.387 e. The Hall–Kier alpha value is -3.22. The minimum Gasteiger partial charge on any atom is -0.433 e. The zero-order chi connectivity index (χ0) is 25.8. The molecule has 2 aromatic rings. The SMILES string of the molecule is Cc1c(C(N)=O)ncc(OC(F)F)c1-c1ccc(F)c([C@]2(CF)CS(=O)(=O)C3(CCC3)C(N)=N2)c1. The van der Waals surface area contributed by atoms with Crippen LogP contribution in [0.2, 0.25) is 0 Å². The van der Waals surface area contributed by atoms with Gasteiger partial charge in [-0.1, -0.05) is 6.07 Å². The van der Waals surface area contributed by atoms with Crippen molar-refractivity contribution >= 4 is 21.6 Å². The molecule has 0 radical (unpaired) electrons. The normalized spacial score (nSPS) is 22.5. The lowest BCUT2D eigenvalue weighted by Gasteiger charge is -2.46. The first kappa shape index (κ1) is 24.9. The van der Waals surface area contributed by atoms with Crippen LogP contribution in [0.15, 0.2) is 29.4 Å². The van der Waals surface area contributed by atoms with Gasteiger partial charge in [0.15, 0.2) is 15.6 Å². The zero-order valence-corrected chi connectivity index (χ0v) is 19.3. The summed E-state index contributed by atoms with van der Waals surface area (Å²) in [5.74, 6) is -3.46. The quantitative estimate of drug-likeness (QED) is 0.569. The number of halogens is 4. The van der Waals surface area contributed by atoms with Gasteiger partial charge in [0.1, 0.15) is 34.3 Å². The molecule has 1 fully saturated rings. The summed E-state index contributed by atoms with van der Waals surface area (Å²) in [5.41, 5.74) is 8.48. The van der Waals surface area contributed by atoms with Gasteiger partial charge in [-0.2, -0.15) is 8.78 Å². The number of nitrogens with zero attached hydrogens (tertiary/aromatic N) is 2. The number of hydrogen-bond donors (Lipinski definition) is 2. The number of pyridine rings is 1. The first-order chi connectivity index (χ1) is 16.4. The van der Waals surface area contributed by atoms with Gasteiger partial charge in [-0.15, -0.1) is 0 Å². The van der Waals surface area contributed by atoms with Crippen LogP contribution in [0.5, 0.6) is 5.75 Å². The number of amides is 1. The molecule has 0 bridgehead atoms. The Bertz CT molecular complexity index is 1350. The summed E-state index contributed by atoms with van der Waals surface area (Å²) >= 11 is 0. The van der Waals surface area contributed by atoms with Crippen molar-refractivity contribution in [2.24, 2.45) is 16.5 Å². The first-order valence-electron chi connectivity index (χ1n) is 10.6. The molecule has 13 heteroatoms. The van der Waals surface area contributed by atoms with Gasteiger partial charge in [0, 0.05) is 11.1 Å². The average Bonchev–Trinajstić information content (AvgIpc) is 2.71.